The predicted molar refractivity (Wildman–Crippen MR) is 93.6 cm³/mol. The van der Waals surface area contributed by atoms with Gasteiger partial charge >= 0.3 is 0 Å². The Balaban J connectivity index is 0.000000231. The lowest BCUT2D eigenvalue weighted by atomic mass is 10.1. The van der Waals surface area contributed by atoms with Gasteiger partial charge in [-0.25, -0.2) is 0 Å². The van der Waals surface area contributed by atoms with Gasteiger partial charge in [-0.15, -0.1) is 0 Å². The Bertz CT molecular complexity index is 646. The van der Waals surface area contributed by atoms with Gasteiger partial charge in [-0.3, -0.25) is 9.59 Å². The number of hydrogen-bond donors (Lipinski definition) is 2. The van der Waals surface area contributed by atoms with E-state index in [1.54, 1.807) is 31.2 Å². The quantitative estimate of drug-likeness (QED) is 0.612. The van der Waals surface area contributed by atoms with Crippen molar-refractivity contribution < 1.29 is 19.8 Å². The third kappa shape index (κ3) is 6.24. The molecule has 0 spiro atoms. The van der Waals surface area contributed by atoms with Crippen molar-refractivity contribution in [2.75, 3.05) is 0 Å². The van der Waals surface area contributed by atoms with Crippen LogP contribution in [-0.2, 0) is 0 Å². The number of halogens is 1. The van der Waals surface area contributed by atoms with Gasteiger partial charge in [0, 0.05) is 17.5 Å². The molecule has 2 aromatic rings. The van der Waals surface area contributed by atoms with Crippen molar-refractivity contribution in [2.45, 2.75) is 25.1 Å². The van der Waals surface area contributed by atoms with Gasteiger partial charge in [0.15, 0.2) is 11.6 Å². The topological polar surface area (TPSA) is 74.6 Å². The Morgan fingerprint density at radius 1 is 0.913 bits per heavy atom. The fourth-order valence-electron chi connectivity index (χ4n) is 1.71. The first kappa shape index (κ1) is 18.9. The maximum Gasteiger partial charge on any atom is 0.176 e. The molecule has 0 saturated carbocycles. The molecule has 2 rings (SSSR count). The Morgan fingerprint density at radius 3 is 1.65 bits per heavy atom. The molecule has 0 saturated heterocycles. The Morgan fingerprint density at radius 2 is 1.30 bits per heavy atom. The van der Waals surface area contributed by atoms with Crippen LogP contribution < -0.4 is 0 Å². The first-order valence-electron chi connectivity index (χ1n) is 7.14. The van der Waals surface area contributed by atoms with Crippen LogP contribution in [0.4, 0.5) is 0 Å². The summed E-state index contributed by atoms with van der Waals surface area (Å²) in [4.78, 5) is 22.2. The Labute approximate surface area is 143 Å². The fraction of sp³-hybridized carbons (Fsp3) is 0.222. The van der Waals surface area contributed by atoms with Gasteiger partial charge in [0.05, 0.1) is 4.83 Å². The van der Waals surface area contributed by atoms with Crippen LogP contribution >= 0.6 is 15.9 Å². The van der Waals surface area contributed by atoms with E-state index in [9.17, 15) is 9.59 Å². The summed E-state index contributed by atoms with van der Waals surface area (Å²) in [6, 6.07) is 12.5. The first-order valence-corrected chi connectivity index (χ1v) is 8.06. The number of carbonyl (C=O) groups is 2. The molecule has 1 atom stereocenters. The lowest BCUT2D eigenvalue weighted by molar-refractivity contribution is 0.0983. The monoisotopic (exact) mass is 378 g/mol. The van der Waals surface area contributed by atoms with Crippen molar-refractivity contribution >= 4 is 27.5 Å². The summed E-state index contributed by atoms with van der Waals surface area (Å²) in [6.07, 6.45) is 0.505. The minimum Gasteiger partial charge on any atom is -0.508 e. The molecule has 2 aromatic carbocycles. The summed E-state index contributed by atoms with van der Waals surface area (Å²) in [7, 11) is 0. The van der Waals surface area contributed by atoms with Crippen LogP contribution in [0.1, 0.15) is 41.0 Å². The van der Waals surface area contributed by atoms with E-state index < -0.39 is 0 Å². The van der Waals surface area contributed by atoms with Gasteiger partial charge in [0.25, 0.3) is 0 Å². The van der Waals surface area contributed by atoms with E-state index in [2.05, 4.69) is 15.9 Å². The summed E-state index contributed by atoms with van der Waals surface area (Å²) in [5.41, 5.74) is 1.27. The fourth-order valence-corrected chi connectivity index (χ4v) is 1.97. The lowest BCUT2D eigenvalue weighted by Crippen LogP contribution is -2.09. The average Bonchev–Trinajstić information content (AvgIpc) is 2.55. The molecule has 4 nitrogen and oxygen atoms in total. The SMILES string of the molecule is CC(Br)C(=O)c1ccc(O)cc1.CCC(=O)c1ccc(O)cc1. The van der Waals surface area contributed by atoms with Gasteiger partial charge in [-0.2, -0.15) is 0 Å². The number of phenols is 2. The van der Waals surface area contributed by atoms with Crippen LogP contribution in [0, 0.1) is 0 Å². The van der Waals surface area contributed by atoms with Crippen LogP contribution in [0.25, 0.3) is 0 Å². The molecular weight excluding hydrogens is 360 g/mol. The Kier molecular flexibility index (Phi) is 7.48. The number of hydrogen-bond acceptors (Lipinski definition) is 4. The minimum atomic E-state index is -0.179. The van der Waals surface area contributed by atoms with Gasteiger partial charge in [0.1, 0.15) is 11.5 Å². The number of aromatic hydroxyl groups is 2. The van der Waals surface area contributed by atoms with E-state index in [1.165, 1.54) is 24.3 Å². The molecule has 0 aliphatic rings. The first-order chi connectivity index (χ1) is 10.8. The van der Waals surface area contributed by atoms with Crippen LogP contribution in [0.2, 0.25) is 0 Å². The third-order valence-electron chi connectivity index (χ3n) is 3.02. The van der Waals surface area contributed by atoms with Crippen molar-refractivity contribution in [1.82, 2.24) is 0 Å². The van der Waals surface area contributed by atoms with E-state index in [-0.39, 0.29) is 27.9 Å². The van der Waals surface area contributed by atoms with Crippen molar-refractivity contribution in [2.24, 2.45) is 0 Å². The number of benzene rings is 2. The second kappa shape index (κ2) is 9.10. The minimum absolute atomic E-state index is 0.0231. The van der Waals surface area contributed by atoms with E-state index >= 15 is 0 Å². The molecule has 0 radical (unpaired) electrons. The maximum atomic E-state index is 11.3. The molecule has 0 bridgehead atoms. The van der Waals surface area contributed by atoms with Crippen molar-refractivity contribution in [3.05, 3.63) is 59.7 Å². The third-order valence-corrected chi connectivity index (χ3v) is 3.44. The number of alkyl halides is 1. The van der Waals surface area contributed by atoms with Crippen molar-refractivity contribution in [3.63, 3.8) is 0 Å². The average molecular weight is 379 g/mol. The molecule has 0 aromatic heterocycles. The number of carbonyl (C=O) groups excluding carboxylic acids is 2. The zero-order valence-electron chi connectivity index (χ0n) is 13.0. The van der Waals surface area contributed by atoms with E-state index in [0.29, 0.717) is 17.5 Å². The van der Waals surface area contributed by atoms with Crippen molar-refractivity contribution in [1.29, 1.82) is 0 Å². The van der Waals surface area contributed by atoms with Crippen LogP contribution in [-0.4, -0.2) is 26.6 Å². The second-order valence-corrected chi connectivity index (χ2v) is 6.22. The summed E-state index contributed by atoms with van der Waals surface area (Å²) >= 11 is 3.18. The molecule has 122 valence electrons. The highest BCUT2D eigenvalue weighted by atomic mass is 79.9. The largest absolute Gasteiger partial charge is 0.508 e. The zero-order valence-corrected chi connectivity index (χ0v) is 14.6. The number of Topliss-reactive ketones (excluding diaryl/α,β-unsaturated/α-hetero) is 2. The molecule has 23 heavy (non-hydrogen) atoms. The van der Waals surface area contributed by atoms with Gasteiger partial charge in [-0.05, 0) is 55.5 Å². The van der Waals surface area contributed by atoms with Crippen LogP contribution in [0.3, 0.4) is 0 Å². The van der Waals surface area contributed by atoms with Gasteiger partial charge < -0.3 is 10.2 Å². The lowest BCUT2D eigenvalue weighted by Gasteiger charge is -2.01. The molecule has 0 aliphatic carbocycles. The van der Waals surface area contributed by atoms with Crippen LogP contribution in [0.15, 0.2) is 48.5 Å². The molecule has 5 heteroatoms. The second-order valence-electron chi connectivity index (χ2n) is 4.85. The van der Waals surface area contributed by atoms with Crippen molar-refractivity contribution in [3.8, 4) is 11.5 Å². The van der Waals surface area contributed by atoms with Crippen LogP contribution in [0.5, 0.6) is 11.5 Å². The van der Waals surface area contributed by atoms with E-state index in [1.807, 2.05) is 6.92 Å². The highest BCUT2D eigenvalue weighted by Crippen LogP contribution is 2.14. The molecule has 0 amide bonds. The van der Waals surface area contributed by atoms with E-state index in [0.717, 1.165) is 0 Å². The zero-order chi connectivity index (χ0) is 17.4. The molecule has 0 heterocycles. The number of rotatable bonds is 4. The van der Waals surface area contributed by atoms with E-state index in [4.69, 9.17) is 10.2 Å². The molecule has 1 unspecified atom stereocenters. The summed E-state index contributed by atoms with van der Waals surface area (Å²) in [5, 5.41) is 17.9. The highest BCUT2D eigenvalue weighted by molar-refractivity contribution is 9.10. The molecule has 2 N–H and O–H groups in total. The summed E-state index contributed by atoms with van der Waals surface area (Å²) in [6.45, 7) is 3.59. The van der Waals surface area contributed by atoms with Gasteiger partial charge in [0.2, 0.25) is 0 Å². The Hall–Kier alpha value is -2.14. The smallest absolute Gasteiger partial charge is 0.176 e. The number of ketones is 2. The summed E-state index contributed by atoms with van der Waals surface area (Å²) in [5.74, 6) is 0.492. The highest BCUT2D eigenvalue weighted by Gasteiger charge is 2.10. The van der Waals surface area contributed by atoms with Gasteiger partial charge in [-0.1, -0.05) is 22.9 Å². The number of phenolic OH excluding ortho intramolecular Hbond substituents is 2. The molecule has 0 fully saturated rings. The molecule has 0 aliphatic heterocycles. The standard InChI is InChI=1S/C9H9BrO2.C9H10O2/c1-6(10)9(12)7-2-4-8(11)5-3-7;1-2-9(11)7-3-5-8(10)6-4-7/h2-6,11H,1H3;3-6,10H,2H2,1H3. The predicted octanol–water partition coefficient (Wildman–Crippen LogP) is 4.34. The maximum absolute atomic E-state index is 11.3. The summed E-state index contributed by atoms with van der Waals surface area (Å²) < 4.78 is 0. The molecular formula is C18H19BrO4. The normalized spacial score (nSPS) is 11.1.